The Bertz CT molecular complexity index is 792. The highest BCUT2D eigenvalue weighted by Crippen LogP contribution is 2.21. The Kier molecular flexibility index (Phi) is 3.45. The highest BCUT2D eigenvalue weighted by atomic mass is 35.5. The van der Waals surface area contributed by atoms with Gasteiger partial charge in [0.15, 0.2) is 11.5 Å². The molecule has 0 aliphatic heterocycles. The van der Waals surface area contributed by atoms with E-state index in [1.54, 1.807) is 42.2 Å². The van der Waals surface area contributed by atoms with Gasteiger partial charge in [0.25, 0.3) is 5.91 Å². The first-order valence-corrected chi connectivity index (χ1v) is 6.62. The van der Waals surface area contributed by atoms with Gasteiger partial charge in [0.1, 0.15) is 0 Å². The molecule has 3 rings (SSSR count). The van der Waals surface area contributed by atoms with E-state index in [1.807, 2.05) is 12.1 Å². The van der Waals surface area contributed by atoms with E-state index in [9.17, 15) is 4.79 Å². The van der Waals surface area contributed by atoms with Crippen molar-refractivity contribution in [2.24, 2.45) is 7.05 Å². The number of H-pyrrole nitrogens is 1. The first kappa shape index (κ1) is 13.4. The van der Waals surface area contributed by atoms with Gasteiger partial charge in [-0.1, -0.05) is 23.7 Å². The number of rotatable bonds is 3. The third-order valence-corrected chi connectivity index (χ3v) is 3.14. The summed E-state index contributed by atoms with van der Waals surface area (Å²) < 4.78 is 1.61. The summed E-state index contributed by atoms with van der Waals surface area (Å²) in [5.74, 6) is 0.160. The molecule has 6 nitrogen and oxygen atoms in total. The van der Waals surface area contributed by atoms with Gasteiger partial charge in [0.05, 0.1) is 5.69 Å². The van der Waals surface area contributed by atoms with Gasteiger partial charge in [0, 0.05) is 29.9 Å². The minimum atomic E-state index is -0.321. The number of aryl methyl sites for hydroxylation is 1. The second kappa shape index (κ2) is 5.41. The maximum Gasteiger partial charge on any atom is 0.277 e. The lowest BCUT2D eigenvalue weighted by atomic mass is 10.1. The fraction of sp³-hybridized carbons (Fsp3) is 0.0714. The largest absolute Gasteiger partial charge is 0.304 e. The lowest BCUT2D eigenvalue weighted by Crippen LogP contribution is -2.12. The van der Waals surface area contributed by atoms with Gasteiger partial charge >= 0.3 is 0 Å². The number of aromatic nitrogens is 4. The highest BCUT2D eigenvalue weighted by molar-refractivity contribution is 6.30. The van der Waals surface area contributed by atoms with Crippen LogP contribution in [-0.2, 0) is 7.05 Å². The van der Waals surface area contributed by atoms with Crippen LogP contribution in [0.4, 0.5) is 5.82 Å². The van der Waals surface area contributed by atoms with Crippen LogP contribution in [0.1, 0.15) is 10.5 Å². The normalized spacial score (nSPS) is 10.6. The minimum absolute atomic E-state index is 0.288. The average molecular weight is 302 g/mol. The number of nitrogens with one attached hydrogen (secondary N) is 2. The van der Waals surface area contributed by atoms with E-state index in [0.29, 0.717) is 10.8 Å². The molecule has 21 heavy (non-hydrogen) atoms. The second-order valence-corrected chi connectivity index (χ2v) is 4.94. The Labute approximate surface area is 125 Å². The summed E-state index contributed by atoms with van der Waals surface area (Å²) in [5.41, 5.74) is 1.88. The van der Waals surface area contributed by atoms with Crippen molar-refractivity contribution in [2.75, 3.05) is 5.32 Å². The molecule has 2 aromatic heterocycles. The van der Waals surface area contributed by atoms with Crippen LogP contribution < -0.4 is 5.32 Å². The lowest BCUT2D eigenvalue weighted by Gasteiger charge is -1.98. The summed E-state index contributed by atoms with van der Waals surface area (Å²) in [7, 11) is 1.78. The van der Waals surface area contributed by atoms with Gasteiger partial charge in [-0.3, -0.25) is 14.6 Å². The van der Waals surface area contributed by atoms with E-state index in [1.165, 1.54) is 0 Å². The van der Waals surface area contributed by atoms with Crippen molar-refractivity contribution < 1.29 is 4.79 Å². The van der Waals surface area contributed by atoms with Gasteiger partial charge in [-0.25, -0.2) is 0 Å². The lowest BCUT2D eigenvalue weighted by molar-refractivity contribution is 0.102. The third-order valence-electron chi connectivity index (χ3n) is 2.90. The van der Waals surface area contributed by atoms with Gasteiger partial charge in [-0.15, -0.1) is 0 Å². The van der Waals surface area contributed by atoms with Crippen LogP contribution in [-0.4, -0.2) is 25.9 Å². The van der Waals surface area contributed by atoms with Crippen LogP contribution in [0.5, 0.6) is 0 Å². The maximum atomic E-state index is 12.1. The topological polar surface area (TPSA) is 75.6 Å². The maximum absolute atomic E-state index is 12.1. The molecule has 0 spiro atoms. The highest BCUT2D eigenvalue weighted by Gasteiger charge is 2.12. The first-order valence-electron chi connectivity index (χ1n) is 6.24. The average Bonchev–Trinajstić information content (AvgIpc) is 3.08. The molecule has 0 saturated heterocycles. The number of hydrogen-bond donors (Lipinski definition) is 2. The number of anilines is 1. The predicted molar refractivity (Wildman–Crippen MR) is 80.2 cm³/mol. The molecule has 1 aromatic carbocycles. The Morgan fingerprint density at radius 1 is 1.33 bits per heavy atom. The molecular weight excluding hydrogens is 290 g/mol. The van der Waals surface area contributed by atoms with E-state index in [2.05, 4.69) is 20.6 Å². The van der Waals surface area contributed by atoms with Gasteiger partial charge in [-0.2, -0.15) is 10.2 Å². The zero-order valence-electron chi connectivity index (χ0n) is 11.2. The van der Waals surface area contributed by atoms with Crippen LogP contribution in [0, 0.1) is 0 Å². The SMILES string of the molecule is Cn1ccc(NC(=O)c2cc(-c3cccc(Cl)c3)[nH]n2)n1. The Balaban J connectivity index is 1.80. The second-order valence-electron chi connectivity index (χ2n) is 4.51. The van der Waals surface area contributed by atoms with Gasteiger partial charge < -0.3 is 5.32 Å². The summed E-state index contributed by atoms with van der Waals surface area (Å²) >= 11 is 5.95. The molecule has 0 radical (unpaired) electrons. The number of carbonyl (C=O) groups excluding carboxylic acids is 1. The fourth-order valence-corrected chi connectivity index (χ4v) is 2.09. The number of halogens is 1. The van der Waals surface area contributed by atoms with Crippen molar-refractivity contribution in [3.63, 3.8) is 0 Å². The number of aromatic amines is 1. The third kappa shape index (κ3) is 2.95. The number of carbonyl (C=O) groups is 1. The van der Waals surface area contributed by atoms with Crippen molar-refractivity contribution in [3.05, 3.63) is 53.3 Å². The molecule has 0 aliphatic rings. The van der Waals surface area contributed by atoms with Gasteiger partial charge in [0.2, 0.25) is 0 Å². The summed E-state index contributed by atoms with van der Waals surface area (Å²) in [6.45, 7) is 0. The predicted octanol–water partition coefficient (Wildman–Crippen LogP) is 2.72. The summed E-state index contributed by atoms with van der Waals surface area (Å²) in [6.07, 6.45) is 1.75. The molecule has 0 saturated carbocycles. The Morgan fingerprint density at radius 2 is 2.19 bits per heavy atom. The van der Waals surface area contributed by atoms with E-state index < -0.39 is 0 Å². The molecule has 0 unspecified atom stereocenters. The van der Waals surface area contributed by atoms with E-state index in [4.69, 9.17) is 11.6 Å². The number of hydrogen-bond acceptors (Lipinski definition) is 3. The molecular formula is C14H12ClN5O. The molecule has 0 aliphatic carbocycles. The van der Waals surface area contributed by atoms with E-state index >= 15 is 0 Å². The molecule has 3 aromatic rings. The molecule has 0 atom stereocenters. The van der Waals surface area contributed by atoms with Crippen LogP contribution in [0.15, 0.2) is 42.6 Å². The number of amides is 1. The van der Waals surface area contributed by atoms with Crippen LogP contribution in [0.25, 0.3) is 11.3 Å². The zero-order valence-corrected chi connectivity index (χ0v) is 11.9. The number of nitrogens with zero attached hydrogens (tertiary/aromatic N) is 3. The van der Waals surface area contributed by atoms with Crippen molar-refractivity contribution >= 4 is 23.3 Å². The minimum Gasteiger partial charge on any atom is -0.304 e. The quantitative estimate of drug-likeness (QED) is 0.781. The van der Waals surface area contributed by atoms with E-state index in [-0.39, 0.29) is 11.6 Å². The molecule has 2 N–H and O–H groups in total. The fourth-order valence-electron chi connectivity index (χ4n) is 1.90. The Hall–Kier alpha value is -2.60. The van der Waals surface area contributed by atoms with Crippen LogP contribution >= 0.6 is 11.6 Å². The molecule has 0 bridgehead atoms. The van der Waals surface area contributed by atoms with Crippen LogP contribution in [0.2, 0.25) is 5.02 Å². The smallest absolute Gasteiger partial charge is 0.277 e. The molecule has 0 fully saturated rings. The standard InChI is InChI=1S/C14H12ClN5O/c1-20-6-5-13(19-20)16-14(21)12-8-11(17-18-12)9-3-2-4-10(15)7-9/h2-8H,1H3,(H,17,18)(H,16,19,21). The van der Waals surface area contributed by atoms with Crippen molar-refractivity contribution in [3.8, 4) is 11.3 Å². The molecule has 7 heteroatoms. The summed E-state index contributed by atoms with van der Waals surface area (Å²) in [6, 6.07) is 10.7. The number of benzene rings is 1. The first-order chi connectivity index (χ1) is 10.1. The summed E-state index contributed by atoms with van der Waals surface area (Å²) in [5, 5.41) is 14.2. The molecule has 106 valence electrons. The van der Waals surface area contributed by atoms with Crippen molar-refractivity contribution in [1.82, 2.24) is 20.0 Å². The van der Waals surface area contributed by atoms with Crippen molar-refractivity contribution in [2.45, 2.75) is 0 Å². The van der Waals surface area contributed by atoms with E-state index in [0.717, 1.165) is 11.3 Å². The van der Waals surface area contributed by atoms with Gasteiger partial charge in [-0.05, 0) is 18.2 Å². The monoisotopic (exact) mass is 301 g/mol. The molecule has 2 heterocycles. The Morgan fingerprint density at radius 3 is 2.90 bits per heavy atom. The zero-order chi connectivity index (χ0) is 14.8. The molecule has 1 amide bonds. The van der Waals surface area contributed by atoms with Crippen molar-refractivity contribution in [1.29, 1.82) is 0 Å². The summed E-state index contributed by atoms with van der Waals surface area (Å²) in [4.78, 5) is 12.1. The van der Waals surface area contributed by atoms with Crippen LogP contribution in [0.3, 0.4) is 0 Å².